The van der Waals surface area contributed by atoms with Crippen LogP contribution in [-0.4, -0.2) is 66.8 Å². The third kappa shape index (κ3) is 5.91. The first kappa shape index (κ1) is 22.4. The van der Waals surface area contributed by atoms with Gasteiger partial charge < -0.3 is 19.6 Å². The van der Waals surface area contributed by atoms with Crippen LogP contribution in [0.25, 0.3) is 0 Å². The smallest absolute Gasteiger partial charge is 0.253 e. The van der Waals surface area contributed by atoms with Gasteiger partial charge in [0, 0.05) is 49.4 Å². The number of aliphatic hydroxyl groups is 1. The molecular formula is C27H32N2O3. The highest BCUT2D eigenvalue weighted by Crippen LogP contribution is 2.22. The van der Waals surface area contributed by atoms with E-state index in [1.54, 1.807) is 7.11 Å². The van der Waals surface area contributed by atoms with Gasteiger partial charge in [0.2, 0.25) is 0 Å². The van der Waals surface area contributed by atoms with Gasteiger partial charge in [-0.1, -0.05) is 11.8 Å². The quantitative estimate of drug-likeness (QED) is 0.753. The van der Waals surface area contributed by atoms with E-state index >= 15 is 0 Å². The molecule has 4 rings (SSSR count). The van der Waals surface area contributed by atoms with E-state index in [0.29, 0.717) is 5.92 Å². The number of ether oxygens (including phenoxy) is 1. The molecule has 2 aromatic carbocycles. The number of benzene rings is 2. The first-order valence-corrected chi connectivity index (χ1v) is 11.6. The number of carbonyl (C=O) groups excluding carboxylic acids is 1. The number of piperidine rings is 2. The molecule has 5 heteroatoms. The normalized spacial score (nSPS) is 19.8. The molecule has 5 nitrogen and oxygen atoms in total. The van der Waals surface area contributed by atoms with Crippen molar-refractivity contribution in [2.24, 2.45) is 5.92 Å². The Balaban J connectivity index is 1.33. The van der Waals surface area contributed by atoms with E-state index in [0.717, 1.165) is 74.4 Å². The summed E-state index contributed by atoms with van der Waals surface area (Å²) >= 11 is 0. The first-order chi connectivity index (χ1) is 15.6. The van der Waals surface area contributed by atoms with Crippen LogP contribution < -0.4 is 4.74 Å². The van der Waals surface area contributed by atoms with Gasteiger partial charge in [-0.2, -0.15) is 0 Å². The van der Waals surface area contributed by atoms with Gasteiger partial charge in [-0.15, -0.1) is 0 Å². The molecule has 0 saturated carbocycles. The van der Waals surface area contributed by atoms with Crippen molar-refractivity contribution in [3.05, 3.63) is 65.2 Å². The Labute approximate surface area is 191 Å². The molecule has 0 bridgehead atoms. The summed E-state index contributed by atoms with van der Waals surface area (Å²) in [6, 6.07) is 15.3. The molecule has 1 N–H and O–H groups in total. The highest BCUT2D eigenvalue weighted by Gasteiger charge is 2.27. The van der Waals surface area contributed by atoms with Gasteiger partial charge in [0.15, 0.2) is 0 Å². The molecule has 0 aromatic heterocycles. The molecular weight excluding hydrogens is 400 g/mol. The van der Waals surface area contributed by atoms with Crippen LogP contribution in [0.5, 0.6) is 5.75 Å². The van der Waals surface area contributed by atoms with E-state index in [4.69, 9.17) is 4.74 Å². The number of hydrogen-bond donors (Lipinski definition) is 1. The van der Waals surface area contributed by atoms with Crippen LogP contribution in [0.4, 0.5) is 0 Å². The molecule has 2 fully saturated rings. The standard InChI is InChI=1S/C27H32N2O3/c1-32-26-12-8-22(9-13-26)5-4-21-6-10-24(11-7-21)27(31)29-16-2-3-23(20-29)19-28-17-14-25(30)15-18-28/h6-13,23,25,30H,2-3,14-20H2,1H3. The maximum atomic E-state index is 13.1. The maximum Gasteiger partial charge on any atom is 0.253 e. The monoisotopic (exact) mass is 432 g/mol. The van der Waals surface area contributed by atoms with E-state index in [-0.39, 0.29) is 12.0 Å². The van der Waals surface area contributed by atoms with Gasteiger partial charge in [-0.05, 0) is 80.1 Å². The Morgan fingerprint density at radius 1 is 0.969 bits per heavy atom. The average Bonchev–Trinajstić information content (AvgIpc) is 2.84. The molecule has 0 spiro atoms. The molecule has 0 radical (unpaired) electrons. The van der Waals surface area contributed by atoms with Gasteiger partial charge >= 0.3 is 0 Å². The van der Waals surface area contributed by atoms with Crippen LogP contribution in [0.15, 0.2) is 48.5 Å². The predicted octanol–water partition coefficient (Wildman–Crippen LogP) is 3.40. The Hall–Kier alpha value is -2.81. The summed E-state index contributed by atoms with van der Waals surface area (Å²) in [5.74, 6) is 7.75. The molecule has 2 heterocycles. The minimum absolute atomic E-state index is 0.110. The molecule has 2 aromatic rings. The molecule has 1 amide bonds. The van der Waals surface area contributed by atoms with Gasteiger partial charge in [-0.25, -0.2) is 0 Å². The third-order valence-electron chi connectivity index (χ3n) is 6.45. The summed E-state index contributed by atoms with van der Waals surface area (Å²) < 4.78 is 5.17. The van der Waals surface area contributed by atoms with E-state index in [1.807, 2.05) is 53.4 Å². The maximum absolute atomic E-state index is 13.1. The van der Waals surface area contributed by atoms with Gasteiger partial charge in [0.1, 0.15) is 5.75 Å². The Bertz CT molecular complexity index is 951. The van der Waals surface area contributed by atoms with E-state index in [9.17, 15) is 9.90 Å². The lowest BCUT2D eigenvalue weighted by molar-refractivity contribution is 0.0529. The number of carbonyl (C=O) groups is 1. The number of rotatable bonds is 4. The summed E-state index contributed by atoms with van der Waals surface area (Å²) in [7, 11) is 1.65. The van der Waals surface area contributed by atoms with Gasteiger partial charge in [-0.3, -0.25) is 4.79 Å². The van der Waals surface area contributed by atoms with Crippen LogP contribution in [0.3, 0.4) is 0 Å². The van der Waals surface area contributed by atoms with Crippen LogP contribution in [0, 0.1) is 17.8 Å². The molecule has 2 aliphatic rings. The molecule has 1 atom stereocenters. The van der Waals surface area contributed by atoms with Crippen molar-refractivity contribution in [3.8, 4) is 17.6 Å². The van der Waals surface area contributed by atoms with Crippen LogP contribution in [-0.2, 0) is 0 Å². The largest absolute Gasteiger partial charge is 0.497 e. The lowest BCUT2D eigenvalue weighted by Crippen LogP contribution is -2.45. The molecule has 32 heavy (non-hydrogen) atoms. The second kappa shape index (κ2) is 10.7. The second-order valence-electron chi connectivity index (χ2n) is 8.85. The van der Waals surface area contributed by atoms with Crippen molar-refractivity contribution in [2.75, 3.05) is 39.8 Å². The zero-order chi connectivity index (χ0) is 22.3. The number of amides is 1. The van der Waals surface area contributed by atoms with E-state index < -0.39 is 0 Å². The molecule has 2 aliphatic heterocycles. The van der Waals surface area contributed by atoms with E-state index in [2.05, 4.69) is 16.7 Å². The minimum Gasteiger partial charge on any atom is -0.497 e. The SMILES string of the molecule is COc1ccc(C#Cc2ccc(C(=O)N3CCCC(CN4CCC(O)CC4)C3)cc2)cc1. The van der Waals surface area contributed by atoms with Crippen LogP contribution >= 0.6 is 0 Å². The van der Waals surface area contributed by atoms with Gasteiger partial charge in [0.25, 0.3) is 5.91 Å². The lowest BCUT2D eigenvalue weighted by atomic mass is 9.95. The fourth-order valence-corrected chi connectivity index (χ4v) is 4.56. The number of methoxy groups -OCH3 is 1. The first-order valence-electron chi connectivity index (χ1n) is 11.6. The topological polar surface area (TPSA) is 53.0 Å². The second-order valence-corrected chi connectivity index (χ2v) is 8.85. The number of aliphatic hydroxyl groups excluding tert-OH is 1. The molecule has 0 aliphatic carbocycles. The van der Waals surface area contributed by atoms with Crippen molar-refractivity contribution < 1.29 is 14.6 Å². The Morgan fingerprint density at radius 3 is 2.22 bits per heavy atom. The van der Waals surface area contributed by atoms with Crippen molar-refractivity contribution >= 4 is 5.91 Å². The zero-order valence-electron chi connectivity index (χ0n) is 18.8. The van der Waals surface area contributed by atoms with Crippen molar-refractivity contribution in [1.82, 2.24) is 9.80 Å². The fraction of sp³-hybridized carbons (Fsp3) is 0.444. The summed E-state index contributed by atoms with van der Waals surface area (Å²) in [5, 5.41) is 9.71. The molecule has 2 saturated heterocycles. The van der Waals surface area contributed by atoms with Crippen LogP contribution in [0.2, 0.25) is 0 Å². The number of likely N-dealkylation sites (tertiary alicyclic amines) is 2. The van der Waals surface area contributed by atoms with Gasteiger partial charge in [0.05, 0.1) is 13.2 Å². The predicted molar refractivity (Wildman–Crippen MR) is 126 cm³/mol. The van der Waals surface area contributed by atoms with Crippen molar-refractivity contribution in [2.45, 2.75) is 31.8 Å². The molecule has 1 unspecified atom stereocenters. The Morgan fingerprint density at radius 2 is 1.59 bits per heavy atom. The number of nitrogens with zero attached hydrogens (tertiary/aromatic N) is 2. The lowest BCUT2D eigenvalue weighted by Gasteiger charge is -2.37. The highest BCUT2D eigenvalue weighted by atomic mass is 16.5. The molecule has 168 valence electrons. The highest BCUT2D eigenvalue weighted by molar-refractivity contribution is 5.94. The summed E-state index contributed by atoms with van der Waals surface area (Å²) in [6.45, 7) is 4.59. The number of hydrogen-bond acceptors (Lipinski definition) is 4. The van der Waals surface area contributed by atoms with Crippen molar-refractivity contribution in [3.63, 3.8) is 0 Å². The summed E-state index contributed by atoms with van der Waals surface area (Å²) in [6.07, 6.45) is 3.81. The third-order valence-corrected chi connectivity index (χ3v) is 6.45. The van der Waals surface area contributed by atoms with E-state index in [1.165, 1.54) is 6.42 Å². The minimum atomic E-state index is -0.139. The summed E-state index contributed by atoms with van der Waals surface area (Å²) in [4.78, 5) is 17.5. The Kier molecular flexibility index (Phi) is 7.47. The van der Waals surface area contributed by atoms with Crippen LogP contribution in [0.1, 0.15) is 47.2 Å². The van der Waals surface area contributed by atoms with Crippen molar-refractivity contribution in [1.29, 1.82) is 0 Å². The fourth-order valence-electron chi connectivity index (χ4n) is 4.56. The average molecular weight is 433 g/mol. The zero-order valence-corrected chi connectivity index (χ0v) is 18.8. The summed E-state index contributed by atoms with van der Waals surface area (Å²) in [5.41, 5.74) is 2.54.